The zero-order chi connectivity index (χ0) is 15.5. The number of ether oxygens (including phenoxy) is 2. The molecule has 22 heavy (non-hydrogen) atoms. The van der Waals surface area contributed by atoms with E-state index in [1.54, 1.807) is 24.3 Å². The molecule has 4 nitrogen and oxygen atoms in total. The Labute approximate surface area is 128 Å². The Balaban J connectivity index is 2.15. The van der Waals surface area contributed by atoms with Crippen molar-refractivity contribution in [2.24, 2.45) is 0 Å². The maximum atomic E-state index is 11.7. The second-order valence-corrected chi connectivity index (χ2v) is 4.76. The van der Waals surface area contributed by atoms with Gasteiger partial charge in [0.05, 0.1) is 19.2 Å². The molecule has 0 amide bonds. The third-order valence-corrected chi connectivity index (χ3v) is 3.53. The lowest BCUT2D eigenvalue weighted by Gasteiger charge is -2.20. The molecule has 2 aromatic carbocycles. The first-order chi connectivity index (χ1) is 10.7. The van der Waals surface area contributed by atoms with E-state index in [2.05, 4.69) is 4.85 Å². The van der Waals surface area contributed by atoms with Crippen LogP contribution in [0.15, 0.2) is 48.5 Å². The monoisotopic (exact) mass is 291 g/mol. The molecule has 0 spiro atoms. The van der Waals surface area contributed by atoms with Crippen molar-refractivity contribution < 1.29 is 14.3 Å². The van der Waals surface area contributed by atoms with E-state index in [1.807, 2.05) is 24.3 Å². The Hall–Kier alpha value is -3.06. The normalized spacial score (nSPS) is 12.5. The molecule has 1 aliphatic rings. The lowest BCUT2D eigenvalue weighted by molar-refractivity contribution is 0.0600. The number of rotatable bonds is 2. The first-order valence-corrected chi connectivity index (χ1v) is 6.77. The summed E-state index contributed by atoms with van der Waals surface area (Å²) in [4.78, 5) is 15.3. The van der Waals surface area contributed by atoms with Crippen molar-refractivity contribution in [2.75, 3.05) is 13.7 Å². The lowest BCUT2D eigenvalue weighted by atomic mass is 9.93. The van der Waals surface area contributed by atoms with Crippen LogP contribution in [0.1, 0.15) is 21.5 Å². The summed E-state index contributed by atoms with van der Waals surface area (Å²) in [5.74, 6) is 0.302. The minimum Gasteiger partial charge on any atom is -0.489 e. The van der Waals surface area contributed by atoms with Gasteiger partial charge in [-0.1, -0.05) is 24.3 Å². The van der Waals surface area contributed by atoms with Crippen LogP contribution < -0.4 is 4.74 Å². The van der Waals surface area contributed by atoms with Gasteiger partial charge in [-0.2, -0.15) is 0 Å². The number of methoxy groups -OCH3 is 1. The van der Waals surface area contributed by atoms with E-state index in [1.165, 1.54) is 7.11 Å². The number of benzene rings is 2. The number of hydrogen-bond acceptors (Lipinski definition) is 3. The Morgan fingerprint density at radius 1 is 1.23 bits per heavy atom. The van der Waals surface area contributed by atoms with Gasteiger partial charge in [0, 0.05) is 5.56 Å². The number of esters is 1. The van der Waals surface area contributed by atoms with Gasteiger partial charge >= 0.3 is 5.97 Å². The van der Waals surface area contributed by atoms with Crippen LogP contribution in [0.25, 0.3) is 10.4 Å². The van der Waals surface area contributed by atoms with Crippen molar-refractivity contribution in [1.29, 1.82) is 0 Å². The molecule has 2 aromatic rings. The standard InChI is InChI=1S/C18H13NO3/c1-19-16-6-4-3-5-14(16)13-9-10-22-17-8-7-12(11-15(13)17)18(20)21-2/h3-9,11H,10H2,2H3. The Kier molecular flexibility index (Phi) is 3.63. The van der Waals surface area contributed by atoms with E-state index in [0.29, 0.717) is 23.6 Å². The molecule has 0 N–H and O–H groups in total. The van der Waals surface area contributed by atoms with Gasteiger partial charge in [0.25, 0.3) is 0 Å². The van der Waals surface area contributed by atoms with Crippen LogP contribution >= 0.6 is 0 Å². The highest BCUT2D eigenvalue weighted by Gasteiger charge is 2.19. The molecule has 1 aliphatic heterocycles. The topological polar surface area (TPSA) is 39.9 Å². The van der Waals surface area contributed by atoms with Crippen molar-refractivity contribution in [3.8, 4) is 5.75 Å². The van der Waals surface area contributed by atoms with Gasteiger partial charge in [0.1, 0.15) is 12.4 Å². The quantitative estimate of drug-likeness (QED) is 0.623. The SMILES string of the molecule is [C-]#[N+]c1ccccc1C1=CCOc2ccc(C(=O)OC)cc21. The average Bonchev–Trinajstić information content (AvgIpc) is 2.60. The summed E-state index contributed by atoms with van der Waals surface area (Å²) in [6, 6.07) is 12.6. The fourth-order valence-corrected chi connectivity index (χ4v) is 2.49. The molecule has 0 saturated heterocycles. The number of nitrogens with zero attached hydrogens (tertiary/aromatic N) is 1. The molecule has 0 aliphatic carbocycles. The van der Waals surface area contributed by atoms with Crippen LogP contribution in [-0.2, 0) is 4.74 Å². The zero-order valence-corrected chi connectivity index (χ0v) is 12.0. The van der Waals surface area contributed by atoms with Crippen molar-refractivity contribution in [3.05, 3.63) is 76.6 Å². The summed E-state index contributed by atoms with van der Waals surface area (Å²) < 4.78 is 10.4. The highest BCUT2D eigenvalue weighted by atomic mass is 16.5. The third kappa shape index (κ3) is 2.33. The zero-order valence-electron chi connectivity index (χ0n) is 12.0. The van der Waals surface area contributed by atoms with Crippen LogP contribution in [0.4, 0.5) is 5.69 Å². The number of hydrogen-bond donors (Lipinski definition) is 0. The van der Waals surface area contributed by atoms with Crippen molar-refractivity contribution >= 4 is 17.2 Å². The lowest BCUT2D eigenvalue weighted by Crippen LogP contribution is -2.08. The van der Waals surface area contributed by atoms with E-state index in [9.17, 15) is 4.79 Å². The second-order valence-electron chi connectivity index (χ2n) is 4.76. The highest BCUT2D eigenvalue weighted by Crippen LogP contribution is 2.38. The maximum Gasteiger partial charge on any atom is 0.337 e. The van der Waals surface area contributed by atoms with E-state index in [-0.39, 0.29) is 0 Å². The summed E-state index contributed by atoms with van der Waals surface area (Å²) >= 11 is 0. The summed E-state index contributed by atoms with van der Waals surface area (Å²) in [6.45, 7) is 7.76. The highest BCUT2D eigenvalue weighted by molar-refractivity contribution is 5.94. The molecule has 0 radical (unpaired) electrons. The van der Waals surface area contributed by atoms with Crippen LogP contribution in [0.5, 0.6) is 5.75 Å². The smallest absolute Gasteiger partial charge is 0.337 e. The maximum absolute atomic E-state index is 11.7. The molecule has 0 aromatic heterocycles. The molecule has 0 saturated carbocycles. The number of fused-ring (bicyclic) bond motifs is 1. The number of carbonyl (C=O) groups excluding carboxylic acids is 1. The first-order valence-electron chi connectivity index (χ1n) is 6.77. The van der Waals surface area contributed by atoms with Crippen LogP contribution in [0, 0.1) is 6.57 Å². The minimum absolute atomic E-state index is 0.397. The van der Waals surface area contributed by atoms with E-state index in [0.717, 1.165) is 16.7 Å². The van der Waals surface area contributed by atoms with Gasteiger partial charge < -0.3 is 9.47 Å². The fourth-order valence-electron chi connectivity index (χ4n) is 2.49. The van der Waals surface area contributed by atoms with Crippen molar-refractivity contribution in [3.63, 3.8) is 0 Å². The Morgan fingerprint density at radius 3 is 2.82 bits per heavy atom. The molecule has 0 atom stereocenters. The summed E-state index contributed by atoms with van der Waals surface area (Å²) in [5, 5.41) is 0. The van der Waals surface area contributed by atoms with Gasteiger partial charge in [0.2, 0.25) is 0 Å². The molecule has 108 valence electrons. The van der Waals surface area contributed by atoms with Gasteiger partial charge in [-0.25, -0.2) is 9.64 Å². The summed E-state index contributed by atoms with van der Waals surface area (Å²) in [6.07, 6.45) is 1.92. The summed E-state index contributed by atoms with van der Waals surface area (Å²) in [5.41, 5.74) is 3.57. The third-order valence-electron chi connectivity index (χ3n) is 3.53. The molecule has 1 heterocycles. The molecule has 0 unspecified atom stereocenters. The Morgan fingerprint density at radius 2 is 2.05 bits per heavy atom. The molecular formula is C18H13NO3. The number of para-hydroxylation sites is 1. The molecule has 0 bridgehead atoms. The Bertz CT molecular complexity index is 815. The van der Waals surface area contributed by atoms with Crippen LogP contribution in [0.3, 0.4) is 0 Å². The fraction of sp³-hybridized carbons (Fsp3) is 0.111. The van der Waals surface area contributed by atoms with Crippen LogP contribution in [0.2, 0.25) is 0 Å². The molecular weight excluding hydrogens is 278 g/mol. The van der Waals surface area contributed by atoms with Gasteiger partial charge in [0.15, 0.2) is 5.69 Å². The predicted molar refractivity (Wildman–Crippen MR) is 83.1 cm³/mol. The molecule has 0 fully saturated rings. The second kappa shape index (κ2) is 5.74. The minimum atomic E-state index is -0.397. The van der Waals surface area contributed by atoms with E-state index < -0.39 is 5.97 Å². The average molecular weight is 291 g/mol. The largest absolute Gasteiger partial charge is 0.489 e. The van der Waals surface area contributed by atoms with Crippen molar-refractivity contribution in [1.82, 2.24) is 0 Å². The van der Waals surface area contributed by atoms with Crippen LogP contribution in [-0.4, -0.2) is 19.7 Å². The van der Waals surface area contributed by atoms with Crippen molar-refractivity contribution in [2.45, 2.75) is 0 Å². The summed E-state index contributed by atoms with van der Waals surface area (Å²) in [7, 11) is 1.35. The van der Waals surface area contributed by atoms with Gasteiger partial charge in [-0.3, -0.25) is 0 Å². The van der Waals surface area contributed by atoms with E-state index in [4.69, 9.17) is 16.0 Å². The number of carbonyl (C=O) groups is 1. The molecule has 3 rings (SSSR count). The first kappa shape index (κ1) is 13.9. The molecule has 4 heteroatoms. The predicted octanol–water partition coefficient (Wildman–Crippen LogP) is 3.85. The van der Waals surface area contributed by atoms with Gasteiger partial charge in [-0.05, 0) is 35.4 Å². The van der Waals surface area contributed by atoms with Gasteiger partial charge in [-0.15, -0.1) is 0 Å². The van der Waals surface area contributed by atoms with E-state index >= 15 is 0 Å².